The molecule has 1 heterocycles. The van der Waals surface area contributed by atoms with Crippen molar-refractivity contribution in [3.63, 3.8) is 0 Å². The molecule has 0 aromatic heterocycles. The molecule has 1 saturated heterocycles. The van der Waals surface area contributed by atoms with Crippen molar-refractivity contribution >= 4 is 11.6 Å². The second-order valence-corrected chi connectivity index (χ2v) is 5.11. The molecular formula is C15H22N2O. The molecule has 98 valence electrons. The number of likely N-dealkylation sites (tertiary alicyclic amines) is 1. The van der Waals surface area contributed by atoms with Crippen LogP contribution in [0.25, 0.3) is 0 Å². The van der Waals surface area contributed by atoms with Gasteiger partial charge in [-0.05, 0) is 37.0 Å². The Kier molecular flexibility index (Phi) is 3.90. The van der Waals surface area contributed by atoms with Crippen molar-refractivity contribution in [1.29, 1.82) is 0 Å². The summed E-state index contributed by atoms with van der Waals surface area (Å²) in [6, 6.07) is 5.96. The van der Waals surface area contributed by atoms with Gasteiger partial charge in [-0.15, -0.1) is 0 Å². The Morgan fingerprint density at radius 2 is 2.28 bits per heavy atom. The Balaban J connectivity index is 2.19. The lowest BCUT2D eigenvalue weighted by molar-refractivity contribution is 0.0788. The number of nitrogens with one attached hydrogen (secondary N) is 1. The molecule has 1 unspecified atom stereocenters. The molecule has 1 aliphatic heterocycles. The molecule has 1 fully saturated rings. The third kappa shape index (κ3) is 2.50. The number of benzene rings is 1. The number of aryl methyl sites for hydroxylation is 1. The lowest BCUT2D eigenvalue weighted by Gasteiger charge is -2.18. The number of carbonyl (C=O) groups is 1. The first-order chi connectivity index (χ1) is 8.65. The van der Waals surface area contributed by atoms with Gasteiger partial charge in [-0.2, -0.15) is 0 Å². The number of nitrogens with zero attached hydrogens (tertiary/aromatic N) is 1. The largest absolute Gasteiger partial charge is 0.387 e. The van der Waals surface area contributed by atoms with Crippen molar-refractivity contribution in [1.82, 2.24) is 4.90 Å². The summed E-state index contributed by atoms with van der Waals surface area (Å²) in [5.74, 6) is 0.840. The van der Waals surface area contributed by atoms with E-state index in [0.29, 0.717) is 5.92 Å². The van der Waals surface area contributed by atoms with Crippen molar-refractivity contribution in [3.05, 3.63) is 29.3 Å². The molecule has 1 atom stereocenters. The van der Waals surface area contributed by atoms with Gasteiger partial charge in [0.25, 0.3) is 5.91 Å². The molecule has 1 aromatic carbocycles. The maximum Gasteiger partial charge on any atom is 0.255 e. The van der Waals surface area contributed by atoms with Crippen molar-refractivity contribution in [2.45, 2.75) is 26.7 Å². The summed E-state index contributed by atoms with van der Waals surface area (Å²) in [5.41, 5.74) is 2.89. The molecule has 0 aliphatic carbocycles. The molecule has 3 heteroatoms. The van der Waals surface area contributed by atoms with Crippen LogP contribution in [0.3, 0.4) is 0 Å². The third-order valence-electron chi connectivity index (χ3n) is 3.83. The van der Waals surface area contributed by atoms with Gasteiger partial charge >= 0.3 is 0 Å². The Labute approximate surface area is 109 Å². The van der Waals surface area contributed by atoms with Gasteiger partial charge in [0.1, 0.15) is 0 Å². The lowest BCUT2D eigenvalue weighted by atomic mass is 10.1. The minimum Gasteiger partial charge on any atom is -0.387 e. The fourth-order valence-electron chi connectivity index (χ4n) is 2.57. The van der Waals surface area contributed by atoms with E-state index in [1.807, 2.05) is 37.1 Å². The van der Waals surface area contributed by atoms with E-state index in [1.165, 1.54) is 5.56 Å². The number of amides is 1. The van der Waals surface area contributed by atoms with Gasteiger partial charge in [-0.1, -0.05) is 19.4 Å². The molecule has 1 aromatic rings. The number of carbonyl (C=O) groups excluding carboxylic acids is 1. The van der Waals surface area contributed by atoms with Gasteiger partial charge in [-0.3, -0.25) is 4.79 Å². The van der Waals surface area contributed by atoms with Crippen LogP contribution in [0.15, 0.2) is 18.2 Å². The third-order valence-corrected chi connectivity index (χ3v) is 3.83. The van der Waals surface area contributed by atoms with Gasteiger partial charge in [0.15, 0.2) is 0 Å². The zero-order valence-corrected chi connectivity index (χ0v) is 11.5. The highest BCUT2D eigenvalue weighted by atomic mass is 16.2. The van der Waals surface area contributed by atoms with Crippen LogP contribution in [0.5, 0.6) is 0 Å². The van der Waals surface area contributed by atoms with Gasteiger partial charge in [0.2, 0.25) is 0 Å². The number of hydrogen-bond donors (Lipinski definition) is 1. The van der Waals surface area contributed by atoms with Crippen LogP contribution in [-0.4, -0.2) is 30.9 Å². The summed E-state index contributed by atoms with van der Waals surface area (Å²) in [6.45, 7) is 6.04. The summed E-state index contributed by atoms with van der Waals surface area (Å²) in [5, 5.41) is 3.12. The second-order valence-electron chi connectivity index (χ2n) is 5.11. The lowest BCUT2D eigenvalue weighted by Crippen LogP contribution is -2.29. The minimum atomic E-state index is 0.162. The quantitative estimate of drug-likeness (QED) is 0.889. The maximum atomic E-state index is 12.5. The normalized spacial score (nSPS) is 19.1. The molecule has 1 amide bonds. The summed E-state index contributed by atoms with van der Waals surface area (Å²) < 4.78 is 0. The first-order valence-corrected chi connectivity index (χ1v) is 6.73. The monoisotopic (exact) mass is 246 g/mol. The van der Waals surface area contributed by atoms with Crippen LogP contribution in [0.4, 0.5) is 5.69 Å². The number of anilines is 1. The van der Waals surface area contributed by atoms with E-state index in [1.54, 1.807) is 0 Å². The smallest absolute Gasteiger partial charge is 0.255 e. The van der Waals surface area contributed by atoms with Crippen LogP contribution < -0.4 is 5.32 Å². The molecule has 2 rings (SSSR count). The predicted molar refractivity (Wildman–Crippen MR) is 75.0 cm³/mol. The SMILES string of the molecule is CCC1CCN(C(=O)c2ccc(C)cc2NC)C1. The van der Waals surface area contributed by atoms with E-state index in [2.05, 4.69) is 12.2 Å². The topological polar surface area (TPSA) is 32.3 Å². The average Bonchev–Trinajstić information content (AvgIpc) is 2.86. The molecule has 0 spiro atoms. The minimum absolute atomic E-state index is 0.162. The number of rotatable bonds is 3. The summed E-state index contributed by atoms with van der Waals surface area (Å²) in [4.78, 5) is 14.5. The van der Waals surface area contributed by atoms with Crippen molar-refractivity contribution in [2.75, 3.05) is 25.5 Å². The average molecular weight is 246 g/mol. The molecule has 3 nitrogen and oxygen atoms in total. The molecule has 1 N–H and O–H groups in total. The molecule has 1 aliphatic rings. The Morgan fingerprint density at radius 1 is 1.50 bits per heavy atom. The predicted octanol–water partition coefficient (Wildman–Crippen LogP) is 2.91. The first kappa shape index (κ1) is 12.9. The maximum absolute atomic E-state index is 12.5. The van der Waals surface area contributed by atoms with Crippen molar-refractivity contribution in [2.24, 2.45) is 5.92 Å². The highest BCUT2D eigenvalue weighted by Crippen LogP contribution is 2.24. The van der Waals surface area contributed by atoms with E-state index >= 15 is 0 Å². The summed E-state index contributed by atoms with van der Waals surface area (Å²) in [7, 11) is 1.87. The Hall–Kier alpha value is -1.51. The van der Waals surface area contributed by atoms with Crippen molar-refractivity contribution in [3.8, 4) is 0 Å². The van der Waals surface area contributed by atoms with E-state index in [4.69, 9.17) is 0 Å². The fraction of sp³-hybridized carbons (Fsp3) is 0.533. The van der Waals surface area contributed by atoms with E-state index < -0.39 is 0 Å². The van der Waals surface area contributed by atoms with Crippen LogP contribution >= 0.6 is 0 Å². The Bertz CT molecular complexity index is 442. The van der Waals surface area contributed by atoms with E-state index in [9.17, 15) is 4.79 Å². The van der Waals surface area contributed by atoms with Crippen molar-refractivity contribution < 1.29 is 4.79 Å². The van der Waals surface area contributed by atoms with Crippen LogP contribution in [0.2, 0.25) is 0 Å². The highest BCUT2D eigenvalue weighted by molar-refractivity contribution is 5.99. The summed E-state index contributed by atoms with van der Waals surface area (Å²) >= 11 is 0. The van der Waals surface area contributed by atoms with Gasteiger partial charge in [0.05, 0.1) is 5.56 Å². The first-order valence-electron chi connectivity index (χ1n) is 6.73. The van der Waals surface area contributed by atoms with Gasteiger partial charge in [-0.25, -0.2) is 0 Å². The van der Waals surface area contributed by atoms with Crippen LogP contribution in [-0.2, 0) is 0 Å². The fourth-order valence-corrected chi connectivity index (χ4v) is 2.57. The molecule has 0 radical (unpaired) electrons. The van der Waals surface area contributed by atoms with Gasteiger partial charge in [0, 0.05) is 25.8 Å². The highest BCUT2D eigenvalue weighted by Gasteiger charge is 2.26. The second kappa shape index (κ2) is 5.42. The molecular weight excluding hydrogens is 224 g/mol. The van der Waals surface area contributed by atoms with Crippen LogP contribution in [0.1, 0.15) is 35.7 Å². The van der Waals surface area contributed by atoms with E-state index in [-0.39, 0.29) is 5.91 Å². The van der Waals surface area contributed by atoms with Gasteiger partial charge < -0.3 is 10.2 Å². The zero-order chi connectivity index (χ0) is 13.1. The zero-order valence-electron chi connectivity index (χ0n) is 11.5. The summed E-state index contributed by atoms with van der Waals surface area (Å²) in [6.07, 6.45) is 2.31. The molecule has 18 heavy (non-hydrogen) atoms. The van der Waals surface area contributed by atoms with Crippen LogP contribution in [0, 0.1) is 12.8 Å². The number of hydrogen-bond acceptors (Lipinski definition) is 2. The Morgan fingerprint density at radius 3 is 2.89 bits per heavy atom. The molecule has 0 saturated carbocycles. The standard InChI is InChI=1S/C15H22N2O/c1-4-12-7-8-17(10-12)15(18)13-6-5-11(2)9-14(13)16-3/h5-6,9,12,16H,4,7-8,10H2,1-3H3. The van der Waals surface area contributed by atoms with E-state index in [0.717, 1.165) is 37.2 Å². The molecule has 0 bridgehead atoms.